The predicted molar refractivity (Wildman–Crippen MR) is 104 cm³/mol. The van der Waals surface area contributed by atoms with Gasteiger partial charge < -0.3 is 4.74 Å². The summed E-state index contributed by atoms with van der Waals surface area (Å²) in [4.78, 5) is 16.4. The monoisotopic (exact) mass is 398 g/mol. The first-order valence-electron chi connectivity index (χ1n) is 8.45. The first-order valence-corrected chi connectivity index (χ1v) is 8.83. The molecule has 8 heteroatoms. The van der Waals surface area contributed by atoms with Crippen molar-refractivity contribution in [3.63, 3.8) is 0 Å². The topological polar surface area (TPSA) is 61.4 Å². The van der Waals surface area contributed by atoms with Crippen molar-refractivity contribution in [2.75, 3.05) is 7.11 Å². The van der Waals surface area contributed by atoms with Gasteiger partial charge in [0.25, 0.3) is 0 Å². The second-order valence-electron chi connectivity index (χ2n) is 6.38. The molecule has 0 bridgehead atoms. The number of ether oxygens (including phenoxy) is 1. The quantitative estimate of drug-likeness (QED) is 0.483. The molecule has 1 aromatic carbocycles. The Morgan fingerprint density at radius 1 is 1.18 bits per heavy atom. The molecule has 0 radical (unpaired) electrons. The van der Waals surface area contributed by atoms with Gasteiger partial charge in [-0.25, -0.2) is 14.2 Å². The largest absolute Gasteiger partial charge is 0.465 e. The van der Waals surface area contributed by atoms with E-state index in [4.69, 9.17) is 16.3 Å². The smallest absolute Gasteiger partial charge is 0.338 e. The molecule has 0 saturated carbocycles. The van der Waals surface area contributed by atoms with Gasteiger partial charge in [0.1, 0.15) is 22.3 Å². The van der Waals surface area contributed by atoms with Crippen LogP contribution in [-0.2, 0) is 11.8 Å². The molecule has 142 valence electrons. The Balaban J connectivity index is 1.94. The summed E-state index contributed by atoms with van der Waals surface area (Å²) in [5.74, 6) is -0.827. The minimum atomic E-state index is -0.461. The Bertz CT molecular complexity index is 1230. The summed E-state index contributed by atoms with van der Waals surface area (Å²) >= 11 is 6.57. The lowest BCUT2D eigenvalue weighted by Gasteiger charge is -2.08. The molecular weight excluding hydrogens is 383 g/mol. The lowest BCUT2D eigenvalue weighted by molar-refractivity contribution is 0.0600. The van der Waals surface area contributed by atoms with Gasteiger partial charge >= 0.3 is 5.97 Å². The van der Waals surface area contributed by atoms with Crippen LogP contribution in [0.1, 0.15) is 16.1 Å². The molecular formula is C20H16ClFN4O2. The number of esters is 1. The number of rotatable bonds is 3. The van der Waals surface area contributed by atoms with E-state index in [1.54, 1.807) is 33.5 Å². The van der Waals surface area contributed by atoms with Gasteiger partial charge in [0.05, 0.1) is 18.4 Å². The van der Waals surface area contributed by atoms with Crippen LogP contribution < -0.4 is 0 Å². The van der Waals surface area contributed by atoms with Gasteiger partial charge in [-0.1, -0.05) is 11.6 Å². The van der Waals surface area contributed by atoms with Crippen LogP contribution in [0.15, 0.2) is 42.7 Å². The first-order chi connectivity index (χ1) is 13.4. The molecule has 0 aliphatic rings. The molecule has 4 rings (SSSR count). The number of nitrogens with zero attached hydrogens (tertiary/aromatic N) is 4. The second kappa shape index (κ2) is 6.76. The fourth-order valence-electron chi connectivity index (χ4n) is 3.24. The highest BCUT2D eigenvalue weighted by Crippen LogP contribution is 2.37. The molecule has 4 aromatic rings. The van der Waals surface area contributed by atoms with Crippen molar-refractivity contribution >= 4 is 23.2 Å². The predicted octanol–water partition coefficient (Wildman–Crippen LogP) is 4.29. The van der Waals surface area contributed by atoms with Crippen molar-refractivity contribution < 1.29 is 13.9 Å². The Hall–Kier alpha value is -3.19. The van der Waals surface area contributed by atoms with E-state index in [2.05, 4.69) is 10.1 Å². The summed E-state index contributed by atoms with van der Waals surface area (Å²) in [6, 6.07) is 7.66. The van der Waals surface area contributed by atoms with Crippen LogP contribution in [0.4, 0.5) is 4.39 Å². The standard InChI is InChI=1S/C20H16ClFN4O2/c1-11-16(10-25(2)24-11)15-9-13(22)4-5-14(15)18-19(21)26-7-6-12(20(27)28-3)8-17(26)23-18/h4-10H,1-3H3. The molecule has 0 aliphatic heterocycles. The summed E-state index contributed by atoms with van der Waals surface area (Å²) in [7, 11) is 3.12. The summed E-state index contributed by atoms with van der Waals surface area (Å²) in [6.07, 6.45) is 3.48. The maximum atomic E-state index is 14.0. The molecule has 0 spiro atoms. The summed E-state index contributed by atoms with van der Waals surface area (Å²) in [5.41, 5.74) is 4.21. The molecule has 0 saturated heterocycles. The third kappa shape index (κ3) is 2.93. The molecule has 0 unspecified atom stereocenters. The third-order valence-corrected chi connectivity index (χ3v) is 4.89. The van der Waals surface area contributed by atoms with Crippen LogP contribution in [0.25, 0.3) is 28.0 Å². The Kier molecular flexibility index (Phi) is 4.39. The summed E-state index contributed by atoms with van der Waals surface area (Å²) in [5, 5.41) is 4.70. The zero-order valence-electron chi connectivity index (χ0n) is 15.4. The third-order valence-electron chi connectivity index (χ3n) is 4.53. The first kappa shape index (κ1) is 18.2. The maximum absolute atomic E-state index is 14.0. The van der Waals surface area contributed by atoms with Crippen molar-refractivity contribution in [2.45, 2.75) is 6.92 Å². The number of carbonyl (C=O) groups is 1. The lowest BCUT2D eigenvalue weighted by Crippen LogP contribution is -2.01. The zero-order chi connectivity index (χ0) is 20.0. The van der Waals surface area contributed by atoms with Gasteiger partial charge in [-0.15, -0.1) is 0 Å². The SMILES string of the molecule is COC(=O)c1ccn2c(Cl)c(-c3ccc(F)cc3-c3cn(C)nc3C)nc2c1. The molecule has 0 fully saturated rings. The van der Waals surface area contributed by atoms with Gasteiger partial charge in [-0.05, 0) is 42.8 Å². The number of benzene rings is 1. The number of aryl methyl sites for hydroxylation is 2. The molecule has 0 atom stereocenters. The fourth-order valence-corrected chi connectivity index (χ4v) is 3.53. The molecule has 3 heterocycles. The van der Waals surface area contributed by atoms with Crippen molar-refractivity contribution in [3.8, 4) is 22.4 Å². The number of halogens is 2. The van der Waals surface area contributed by atoms with E-state index < -0.39 is 5.97 Å². The van der Waals surface area contributed by atoms with E-state index in [9.17, 15) is 9.18 Å². The van der Waals surface area contributed by atoms with E-state index in [1.165, 1.54) is 19.2 Å². The molecule has 0 aliphatic carbocycles. The van der Waals surface area contributed by atoms with Crippen LogP contribution in [-0.4, -0.2) is 32.2 Å². The highest BCUT2D eigenvalue weighted by Gasteiger charge is 2.20. The second-order valence-corrected chi connectivity index (χ2v) is 6.74. The summed E-state index contributed by atoms with van der Waals surface area (Å²) in [6.45, 7) is 1.86. The average Bonchev–Trinajstić information content (AvgIpc) is 3.19. The van der Waals surface area contributed by atoms with Gasteiger partial charge in [-0.2, -0.15) is 5.10 Å². The van der Waals surface area contributed by atoms with Crippen LogP contribution >= 0.6 is 11.6 Å². The minimum Gasteiger partial charge on any atom is -0.465 e. The number of hydrogen-bond acceptors (Lipinski definition) is 4. The van der Waals surface area contributed by atoms with E-state index in [0.717, 1.165) is 11.3 Å². The highest BCUT2D eigenvalue weighted by atomic mass is 35.5. The van der Waals surface area contributed by atoms with Crippen molar-refractivity contribution in [3.05, 3.63) is 65.0 Å². The Labute approximate surface area is 165 Å². The molecule has 6 nitrogen and oxygen atoms in total. The number of carbonyl (C=O) groups excluding carboxylic acids is 1. The van der Waals surface area contributed by atoms with Crippen molar-refractivity contribution in [1.29, 1.82) is 0 Å². The number of methoxy groups -OCH3 is 1. The van der Waals surface area contributed by atoms with Gasteiger partial charge in [0.2, 0.25) is 0 Å². The number of imidazole rings is 1. The number of aromatic nitrogens is 4. The van der Waals surface area contributed by atoms with E-state index in [1.807, 2.05) is 20.2 Å². The minimum absolute atomic E-state index is 0.362. The van der Waals surface area contributed by atoms with E-state index >= 15 is 0 Å². The fraction of sp³-hybridized carbons (Fsp3) is 0.150. The van der Waals surface area contributed by atoms with E-state index in [0.29, 0.717) is 33.2 Å². The van der Waals surface area contributed by atoms with Gasteiger partial charge in [-0.3, -0.25) is 9.08 Å². The van der Waals surface area contributed by atoms with Crippen molar-refractivity contribution in [2.24, 2.45) is 7.05 Å². The van der Waals surface area contributed by atoms with Crippen LogP contribution in [0, 0.1) is 12.7 Å². The van der Waals surface area contributed by atoms with Crippen molar-refractivity contribution in [1.82, 2.24) is 19.2 Å². The van der Waals surface area contributed by atoms with Gasteiger partial charge in [0.15, 0.2) is 0 Å². The van der Waals surface area contributed by atoms with Crippen LogP contribution in [0.3, 0.4) is 0 Å². The van der Waals surface area contributed by atoms with Crippen LogP contribution in [0.2, 0.25) is 5.15 Å². The van der Waals surface area contributed by atoms with Crippen LogP contribution in [0.5, 0.6) is 0 Å². The molecule has 0 N–H and O–H groups in total. The Morgan fingerprint density at radius 2 is 1.96 bits per heavy atom. The highest BCUT2D eigenvalue weighted by molar-refractivity contribution is 6.32. The lowest BCUT2D eigenvalue weighted by atomic mass is 9.98. The zero-order valence-corrected chi connectivity index (χ0v) is 16.2. The average molecular weight is 399 g/mol. The summed E-state index contributed by atoms with van der Waals surface area (Å²) < 4.78 is 22.1. The number of hydrogen-bond donors (Lipinski definition) is 0. The molecule has 0 amide bonds. The van der Waals surface area contributed by atoms with E-state index in [-0.39, 0.29) is 5.82 Å². The Morgan fingerprint density at radius 3 is 2.64 bits per heavy atom. The number of pyridine rings is 1. The molecule has 3 aromatic heterocycles. The maximum Gasteiger partial charge on any atom is 0.338 e. The number of fused-ring (bicyclic) bond motifs is 1. The van der Waals surface area contributed by atoms with Gasteiger partial charge in [0, 0.05) is 30.6 Å². The molecule has 28 heavy (non-hydrogen) atoms. The normalized spacial score (nSPS) is 11.2.